The van der Waals surface area contributed by atoms with Crippen LogP contribution >= 0.6 is 0 Å². The van der Waals surface area contributed by atoms with Gasteiger partial charge in [-0.25, -0.2) is 0 Å². The molecule has 0 bridgehead atoms. The van der Waals surface area contributed by atoms with Crippen molar-refractivity contribution in [1.82, 2.24) is 0 Å². The van der Waals surface area contributed by atoms with Gasteiger partial charge in [0.15, 0.2) is 11.6 Å². The maximum Gasteiger partial charge on any atom is 0.165 e. The van der Waals surface area contributed by atoms with E-state index in [9.17, 15) is 8.76 Å². The first-order valence-electron chi connectivity index (χ1n) is 10.4. The fourth-order valence-corrected chi connectivity index (χ4v) is 3.53. The molecule has 2 rings (SSSR count). The molecular weight excluding hydrogens is 414 g/mol. The summed E-state index contributed by atoms with van der Waals surface area (Å²) in [4.78, 5) is 2.17. The Morgan fingerprint density at radius 2 is 1.77 bits per heavy atom. The molecule has 0 aliphatic carbocycles. The number of ether oxygens (including phenoxy) is 1. The van der Waals surface area contributed by atoms with Crippen molar-refractivity contribution in [3.8, 4) is 11.5 Å². The molecule has 0 aliphatic heterocycles. The van der Waals surface area contributed by atoms with Crippen LogP contribution in [0, 0.1) is 0 Å². The maximum absolute atomic E-state index is 12.2. The molecule has 1 atom stereocenters. The summed E-state index contributed by atoms with van der Waals surface area (Å²) >= 11 is -2.55. The number of nitrogens with two attached hydrogens (primary N) is 1. The van der Waals surface area contributed by atoms with Crippen molar-refractivity contribution >= 4 is 22.6 Å². The molecule has 0 aliphatic rings. The molecule has 1 unspecified atom stereocenters. The predicted octanol–water partition coefficient (Wildman–Crippen LogP) is 4.83. The van der Waals surface area contributed by atoms with Gasteiger partial charge in [-0.3, -0.25) is 4.21 Å². The van der Waals surface area contributed by atoms with Crippen LogP contribution < -0.4 is 15.4 Å². The van der Waals surface area contributed by atoms with Gasteiger partial charge in [-0.1, -0.05) is 44.9 Å². The Balaban J connectivity index is 2.69. The van der Waals surface area contributed by atoms with Gasteiger partial charge >= 0.3 is 0 Å². The van der Waals surface area contributed by atoms with Crippen molar-refractivity contribution in [3.05, 3.63) is 48.0 Å². The van der Waals surface area contributed by atoms with E-state index in [-0.39, 0.29) is 16.5 Å². The highest BCUT2D eigenvalue weighted by molar-refractivity contribution is 7.79. The summed E-state index contributed by atoms with van der Waals surface area (Å²) in [6.07, 6.45) is 3.94. The van der Waals surface area contributed by atoms with Gasteiger partial charge in [0, 0.05) is 18.7 Å². The van der Waals surface area contributed by atoms with E-state index in [4.69, 9.17) is 10.5 Å². The Hall–Kier alpha value is -2.78. The van der Waals surface area contributed by atoms with Gasteiger partial charge in [-0.05, 0) is 53.4 Å². The van der Waals surface area contributed by atoms with Crippen molar-refractivity contribution < 1.29 is 13.5 Å². The summed E-state index contributed by atoms with van der Waals surface area (Å²) in [7, 11) is 1.48. The average molecular weight is 445 g/mol. The summed E-state index contributed by atoms with van der Waals surface area (Å²) in [5.41, 5.74) is 7.16. The van der Waals surface area contributed by atoms with Crippen LogP contribution in [-0.4, -0.2) is 34.7 Å². The van der Waals surface area contributed by atoms with Gasteiger partial charge in [-0.2, -0.15) is 5.11 Å². The number of hydrogen-bond acceptors (Lipinski definition) is 6. The molecule has 2 N–H and O–H groups in total. The van der Waals surface area contributed by atoms with Gasteiger partial charge in [-0.15, -0.1) is 5.10 Å². The van der Waals surface area contributed by atoms with Crippen molar-refractivity contribution in [2.45, 2.75) is 44.4 Å². The van der Waals surface area contributed by atoms with E-state index in [0.29, 0.717) is 17.0 Å². The van der Waals surface area contributed by atoms with Crippen LogP contribution in [0.2, 0.25) is 0 Å². The van der Waals surface area contributed by atoms with E-state index in [1.165, 1.54) is 13.1 Å². The number of nitrogens with zero attached hydrogens (tertiary/aromatic N) is 4. The second kappa shape index (κ2) is 12.8. The molecular formula is C22H30N5O3S-. The van der Waals surface area contributed by atoms with Crippen LogP contribution in [-0.2, 0) is 11.1 Å². The fraction of sp³-hybridized carbons (Fsp3) is 0.409. The third-order valence-electron chi connectivity index (χ3n) is 4.62. The van der Waals surface area contributed by atoms with Crippen LogP contribution in [0.4, 0.5) is 5.69 Å². The highest BCUT2D eigenvalue weighted by atomic mass is 32.2. The molecule has 0 fully saturated rings. The molecule has 2 aromatic carbocycles. The van der Waals surface area contributed by atoms with Gasteiger partial charge in [0.25, 0.3) is 0 Å². The van der Waals surface area contributed by atoms with E-state index in [2.05, 4.69) is 34.2 Å². The molecule has 0 amide bonds. The number of hydrogen-bond donors (Lipinski definition) is 1. The van der Waals surface area contributed by atoms with E-state index >= 15 is 0 Å². The van der Waals surface area contributed by atoms with Crippen molar-refractivity contribution in [3.63, 3.8) is 0 Å². The summed E-state index contributed by atoms with van der Waals surface area (Å²) < 4.78 is 30.5. The second-order valence-corrected chi connectivity index (χ2v) is 7.85. The zero-order chi connectivity index (χ0) is 22.6. The van der Waals surface area contributed by atoms with E-state index in [1.54, 1.807) is 12.1 Å². The standard InChI is InChI=1S/C22H31N5O3S/c1-4-6-13-27(14-7-5-2)19-15-17(22(23)25-26-24-3)16-20(31(28)29)21(19)30-18-11-9-8-10-12-18/h8-12,15-16H,4-7,13-14H2,1-3H3,(H,28,29)(H2,23,24,25)/p-1. The lowest BCUT2D eigenvalue weighted by Crippen LogP contribution is -2.27. The highest BCUT2D eigenvalue weighted by Gasteiger charge is 2.20. The Morgan fingerprint density at radius 1 is 1.13 bits per heavy atom. The zero-order valence-corrected chi connectivity index (χ0v) is 19.1. The van der Waals surface area contributed by atoms with Gasteiger partial charge in [0.2, 0.25) is 0 Å². The number of rotatable bonds is 12. The van der Waals surface area contributed by atoms with Crippen molar-refractivity contribution in [2.75, 3.05) is 25.0 Å². The van der Waals surface area contributed by atoms with Crippen molar-refractivity contribution in [2.24, 2.45) is 21.2 Å². The molecule has 9 heteroatoms. The first-order chi connectivity index (χ1) is 15.0. The molecule has 8 nitrogen and oxygen atoms in total. The van der Waals surface area contributed by atoms with E-state index in [1.807, 2.05) is 24.3 Å². The van der Waals surface area contributed by atoms with Gasteiger partial charge in [0.05, 0.1) is 17.6 Å². The fourth-order valence-electron chi connectivity index (χ4n) is 3.00. The molecule has 0 spiro atoms. The molecule has 0 saturated heterocycles. The normalized spacial score (nSPS) is 12.8. The van der Waals surface area contributed by atoms with E-state index < -0.39 is 11.1 Å². The lowest BCUT2D eigenvalue weighted by molar-refractivity contribution is 0.461. The van der Waals surface area contributed by atoms with Crippen molar-refractivity contribution in [1.29, 1.82) is 0 Å². The highest BCUT2D eigenvalue weighted by Crippen LogP contribution is 2.39. The smallest absolute Gasteiger partial charge is 0.165 e. The Labute approximate surface area is 186 Å². The minimum absolute atomic E-state index is 0.0148. The molecule has 0 heterocycles. The minimum atomic E-state index is -2.55. The average Bonchev–Trinajstić information content (AvgIpc) is 2.78. The molecule has 0 saturated carbocycles. The summed E-state index contributed by atoms with van der Waals surface area (Å²) in [5.74, 6) is 0.909. The number of para-hydroxylation sites is 1. The first kappa shape index (κ1) is 24.5. The SMILES string of the molecule is CCCCN(CCCC)c1cc(/C(N)=N/N=NC)cc(S(=O)[O-])c1Oc1ccccc1. The zero-order valence-electron chi connectivity index (χ0n) is 18.3. The number of amidine groups is 1. The van der Waals surface area contributed by atoms with Crippen LogP contribution in [0.1, 0.15) is 45.1 Å². The summed E-state index contributed by atoms with van der Waals surface area (Å²) in [6.45, 7) is 5.77. The number of unbranched alkanes of at least 4 members (excludes halogenated alkanes) is 2. The van der Waals surface area contributed by atoms with E-state index in [0.717, 1.165) is 38.8 Å². The van der Waals surface area contributed by atoms with Crippen LogP contribution in [0.5, 0.6) is 11.5 Å². The lowest BCUT2D eigenvalue weighted by Gasteiger charge is -2.29. The number of anilines is 1. The topological polar surface area (TPSA) is 116 Å². The summed E-state index contributed by atoms with van der Waals surface area (Å²) in [5, 5.41) is 11.0. The minimum Gasteiger partial charge on any atom is -0.768 e. The third-order valence-corrected chi connectivity index (χ3v) is 5.28. The predicted molar refractivity (Wildman–Crippen MR) is 124 cm³/mol. The Kier molecular flexibility index (Phi) is 10.1. The molecule has 168 valence electrons. The summed E-state index contributed by atoms with van der Waals surface area (Å²) in [6, 6.07) is 12.4. The molecule has 2 aromatic rings. The lowest BCUT2D eigenvalue weighted by atomic mass is 10.1. The van der Waals surface area contributed by atoms with Crippen LogP contribution in [0.3, 0.4) is 0 Å². The maximum atomic E-state index is 12.2. The molecule has 31 heavy (non-hydrogen) atoms. The Bertz CT molecular complexity index is 911. The van der Waals surface area contributed by atoms with Gasteiger partial charge < -0.3 is 19.9 Å². The Morgan fingerprint density at radius 3 is 2.32 bits per heavy atom. The van der Waals surface area contributed by atoms with Crippen LogP contribution in [0.25, 0.3) is 0 Å². The molecule has 0 aromatic heterocycles. The quantitative estimate of drug-likeness (QED) is 0.166. The first-order valence-corrected chi connectivity index (χ1v) is 11.5. The molecule has 0 radical (unpaired) electrons. The monoisotopic (exact) mass is 444 g/mol. The second-order valence-electron chi connectivity index (χ2n) is 6.94. The number of benzene rings is 2. The van der Waals surface area contributed by atoms with Crippen LogP contribution in [0.15, 0.2) is 62.8 Å². The largest absolute Gasteiger partial charge is 0.768 e. The van der Waals surface area contributed by atoms with Gasteiger partial charge in [0.1, 0.15) is 5.75 Å². The third kappa shape index (κ3) is 7.15.